The number of benzene rings is 3. The Hall–Kier alpha value is -3.87. The number of aliphatic carboxylic acids is 1. The van der Waals surface area contributed by atoms with Crippen LogP contribution in [-0.4, -0.2) is 59.8 Å². The van der Waals surface area contributed by atoms with Crippen LogP contribution in [0.4, 0.5) is 8.78 Å². The Morgan fingerprint density at radius 3 is 2.39 bits per heavy atom. The van der Waals surface area contributed by atoms with Gasteiger partial charge < -0.3 is 15.3 Å². The predicted molar refractivity (Wildman–Crippen MR) is 145 cm³/mol. The highest BCUT2D eigenvalue weighted by Gasteiger charge is 2.45. The fraction of sp³-hybridized carbons (Fsp3) is 0.250. The second-order valence-electron chi connectivity index (χ2n) is 9.50. The maximum absolute atomic E-state index is 13.9. The third-order valence-corrected chi connectivity index (χ3v) is 8.71. The van der Waals surface area contributed by atoms with Gasteiger partial charge in [0.2, 0.25) is 10.0 Å². The predicted octanol–water partition coefficient (Wildman–Crippen LogP) is 4.12. The number of hydrogen-bond acceptors (Lipinski definition) is 5. The third-order valence-electron chi connectivity index (χ3n) is 6.57. The smallest absolute Gasteiger partial charge is 0.305 e. The Labute approximate surface area is 240 Å². The molecule has 0 saturated carbocycles. The molecule has 4 rings (SSSR count). The van der Waals surface area contributed by atoms with Crippen molar-refractivity contribution in [1.82, 2.24) is 14.5 Å². The number of nitrogens with zero attached hydrogens (tertiary/aromatic N) is 2. The number of carbonyl (C=O) groups excluding carboxylic acids is 2. The number of rotatable bonds is 8. The van der Waals surface area contributed by atoms with Gasteiger partial charge in [0.15, 0.2) is 6.17 Å². The van der Waals surface area contributed by atoms with Crippen LogP contribution in [0.25, 0.3) is 0 Å². The molecule has 0 aliphatic carbocycles. The molecule has 216 valence electrons. The van der Waals surface area contributed by atoms with E-state index in [1.807, 2.05) is 0 Å². The molecule has 2 N–H and O–H groups in total. The van der Waals surface area contributed by atoms with Crippen LogP contribution in [0.15, 0.2) is 71.6 Å². The van der Waals surface area contributed by atoms with Crippen molar-refractivity contribution in [3.05, 3.63) is 100 Å². The van der Waals surface area contributed by atoms with E-state index in [1.165, 1.54) is 12.1 Å². The van der Waals surface area contributed by atoms with Crippen LogP contribution < -0.4 is 5.32 Å². The average Bonchev–Trinajstić information content (AvgIpc) is 2.93. The Bertz CT molecular complexity index is 1590. The van der Waals surface area contributed by atoms with Crippen LogP contribution in [0.3, 0.4) is 0 Å². The van der Waals surface area contributed by atoms with Gasteiger partial charge in [-0.2, -0.15) is 4.31 Å². The summed E-state index contributed by atoms with van der Waals surface area (Å²) in [7, 11) is -4.53. The Morgan fingerprint density at radius 1 is 1.05 bits per heavy atom. The summed E-state index contributed by atoms with van der Waals surface area (Å²) < 4.78 is 55.7. The summed E-state index contributed by atoms with van der Waals surface area (Å²) in [5, 5.41) is 11.7. The molecule has 9 nitrogen and oxygen atoms in total. The van der Waals surface area contributed by atoms with Crippen molar-refractivity contribution in [3.8, 4) is 0 Å². The quantitative estimate of drug-likeness (QED) is 0.398. The van der Waals surface area contributed by atoms with Gasteiger partial charge in [-0.25, -0.2) is 17.2 Å². The topological polar surface area (TPSA) is 124 Å². The van der Waals surface area contributed by atoms with Crippen LogP contribution in [0, 0.1) is 18.6 Å². The van der Waals surface area contributed by atoms with Crippen LogP contribution >= 0.6 is 11.6 Å². The zero-order valence-electron chi connectivity index (χ0n) is 21.8. The van der Waals surface area contributed by atoms with E-state index in [-0.39, 0.29) is 25.1 Å². The van der Waals surface area contributed by atoms with Gasteiger partial charge in [-0.3, -0.25) is 14.4 Å². The van der Waals surface area contributed by atoms with Crippen LogP contribution in [0.2, 0.25) is 5.02 Å². The molecule has 13 heteroatoms. The van der Waals surface area contributed by atoms with Gasteiger partial charge in [-0.15, -0.1) is 0 Å². The van der Waals surface area contributed by atoms with Crippen molar-refractivity contribution in [1.29, 1.82) is 0 Å². The number of hydrogen-bond donors (Lipinski definition) is 2. The van der Waals surface area contributed by atoms with Crippen molar-refractivity contribution < 1.29 is 36.7 Å². The van der Waals surface area contributed by atoms with Crippen molar-refractivity contribution >= 4 is 39.4 Å². The van der Waals surface area contributed by atoms with E-state index < -0.39 is 68.0 Å². The van der Waals surface area contributed by atoms with Gasteiger partial charge in [0.05, 0.1) is 22.4 Å². The molecule has 1 saturated heterocycles. The molecule has 2 amide bonds. The standard InChI is InChI=1S/C28H26ClF2N3O6S/c1-17-4-2-5-19(14-17)24(16-25(35)36)32-26(37)27-33(28(38)18-6-8-20(30)9-7-18)12-3-13-34(27)41(39,40)21-10-11-23(31)22(29)15-21/h2,4-11,14-15,24,27H,3,12-13,16H2,1H3,(H,32,37)(H,35,36). The summed E-state index contributed by atoms with van der Waals surface area (Å²) in [5.41, 5.74) is 1.28. The molecule has 1 aliphatic heterocycles. The van der Waals surface area contributed by atoms with E-state index in [4.69, 9.17) is 11.6 Å². The monoisotopic (exact) mass is 605 g/mol. The largest absolute Gasteiger partial charge is 0.481 e. The van der Waals surface area contributed by atoms with Gasteiger partial charge in [0, 0.05) is 18.7 Å². The number of carboxylic acids is 1. The molecule has 0 spiro atoms. The first kappa shape index (κ1) is 30.1. The van der Waals surface area contributed by atoms with E-state index in [0.29, 0.717) is 5.56 Å². The van der Waals surface area contributed by atoms with Crippen LogP contribution in [0.5, 0.6) is 0 Å². The van der Waals surface area contributed by atoms with Crippen molar-refractivity contribution in [2.75, 3.05) is 13.1 Å². The molecule has 1 aliphatic rings. The lowest BCUT2D eigenvalue weighted by Crippen LogP contribution is -2.63. The molecule has 3 aromatic carbocycles. The van der Waals surface area contributed by atoms with Gasteiger partial charge in [-0.05, 0) is 61.4 Å². The second-order valence-corrected chi connectivity index (χ2v) is 11.8. The number of halogens is 3. The zero-order chi connectivity index (χ0) is 29.9. The zero-order valence-corrected chi connectivity index (χ0v) is 23.3. The number of sulfonamides is 1. The molecule has 0 radical (unpaired) electrons. The molecule has 41 heavy (non-hydrogen) atoms. The summed E-state index contributed by atoms with van der Waals surface area (Å²) in [5.74, 6) is -4.36. The number of aryl methyl sites for hydroxylation is 1. The highest BCUT2D eigenvalue weighted by atomic mass is 35.5. The number of amides is 2. The van der Waals surface area contributed by atoms with Crippen molar-refractivity contribution in [3.63, 3.8) is 0 Å². The molecule has 2 unspecified atom stereocenters. The Morgan fingerprint density at radius 2 is 1.76 bits per heavy atom. The van der Waals surface area contributed by atoms with E-state index in [0.717, 1.165) is 45.1 Å². The highest BCUT2D eigenvalue weighted by Crippen LogP contribution is 2.29. The number of carbonyl (C=O) groups is 3. The summed E-state index contributed by atoms with van der Waals surface area (Å²) in [4.78, 5) is 39.8. The molecular formula is C28H26ClF2N3O6S. The fourth-order valence-corrected chi connectivity index (χ4v) is 6.49. The number of carboxylic acid groups (broad SMARTS) is 1. The number of nitrogens with one attached hydrogen (secondary N) is 1. The van der Waals surface area contributed by atoms with Gasteiger partial charge in [-0.1, -0.05) is 41.4 Å². The average molecular weight is 606 g/mol. The molecule has 2 atom stereocenters. The van der Waals surface area contributed by atoms with E-state index in [9.17, 15) is 36.7 Å². The second kappa shape index (κ2) is 12.3. The molecule has 3 aromatic rings. The SMILES string of the molecule is Cc1cccc(C(CC(=O)O)NC(=O)C2N(C(=O)c3ccc(F)cc3)CCCN2S(=O)(=O)c2ccc(F)c(Cl)c2)c1. The first-order valence-corrected chi connectivity index (χ1v) is 14.3. The minimum Gasteiger partial charge on any atom is -0.481 e. The Balaban J connectivity index is 1.78. The summed E-state index contributed by atoms with van der Waals surface area (Å²) in [6.45, 7) is 1.57. The van der Waals surface area contributed by atoms with E-state index in [1.54, 1.807) is 31.2 Å². The minimum atomic E-state index is -4.53. The van der Waals surface area contributed by atoms with Crippen LogP contribution in [0.1, 0.15) is 40.4 Å². The lowest BCUT2D eigenvalue weighted by molar-refractivity contribution is -0.138. The van der Waals surface area contributed by atoms with E-state index in [2.05, 4.69) is 5.32 Å². The van der Waals surface area contributed by atoms with Crippen molar-refractivity contribution in [2.24, 2.45) is 0 Å². The van der Waals surface area contributed by atoms with Gasteiger partial charge >= 0.3 is 5.97 Å². The third kappa shape index (κ3) is 6.72. The lowest BCUT2D eigenvalue weighted by atomic mass is 10.0. The molecular weight excluding hydrogens is 580 g/mol. The summed E-state index contributed by atoms with van der Waals surface area (Å²) in [6.07, 6.45) is -2.13. The van der Waals surface area contributed by atoms with Gasteiger partial charge in [0.25, 0.3) is 11.8 Å². The van der Waals surface area contributed by atoms with Gasteiger partial charge in [0.1, 0.15) is 11.6 Å². The lowest BCUT2D eigenvalue weighted by Gasteiger charge is -2.42. The minimum absolute atomic E-state index is 0.00837. The first-order valence-electron chi connectivity index (χ1n) is 12.5. The molecule has 0 bridgehead atoms. The van der Waals surface area contributed by atoms with Crippen molar-refractivity contribution in [2.45, 2.75) is 36.9 Å². The highest BCUT2D eigenvalue weighted by molar-refractivity contribution is 7.89. The molecule has 1 heterocycles. The summed E-state index contributed by atoms with van der Waals surface area (Å²) >= 11 is 5.84. The maximum atomic E-state index is 13.9. The molecule has 0 aromatic heterocycles. The summed E-state index contributed by atoms with van der Waals surface area (Å²) in [6, 6.07) is 13.0. The normalized spacial score (nSPS) is 16.7. The van der Waals surface area contributed by atoms with Crippen LogP contribution in [-0.2, 0) is 19.6 Å². The first-order chi connectivity index (χ1) is 19.4. The fourth-order valence-electron chi connectivity index (χ4n) is 4.62. The maximum Gasteiger partial charge on any atom is 0.305 e. The van der Waals surface area contributed by atoms with E-state index >= 15 is 0 Å². The Kier molecular flexibility index (Phi) is 9.05. The molecule has 1 fully saturated rings.